The number of benzene rings is 4. The lowest BCUT2D eigenvalue weighted by molar-refractivity contribution is -0.139. The van der Waals surface area contributed by atoms with E-state index in [4.69, 9.17) is 9.47 Å². The van der Waals surface area contributed by atoms with E-state index in [1.807, 2.05) is 77.7 Å². The second-order valence-electron chi connectivity index (χ2n) is 9.68. The highest BCUT2D eigenvalue weighted by Gasteiger charge is 2.35. The number of hydrogen-bond donors (Lipinski definition) is 0. The van der Waals surface area contributed by atoms with Gasteiger partial charge in [0.25, 0.3) is 5.91 Å². The van der Waals surface area contributed by atoms with Crippen LogP contribution in [0.5, 0.6) is 17.2 Å². The summed E-state index contributed by atoms with van der Waals surface area (Å²) in [5.41, 5.74) is 2.74. The molecule has 39 heavy (non-hydrogen) atoms. The molecule has 1 atom stereocenters. The van der Waals surface area contributed by atoms with Crippen molar-refractivity contribution in [2.75, 3.05) is 20.2 Å². The average molecular weight is 521 g/mol. The Morgan fingerprint density at radius 2 is 1.46 bits per heavy atom. The second-order valence-corrected chi connectivity index (χ2v) is 9.68. The second kappa shape index (κ2) is 12.3. The van der Waals surface area contributed by atoms with Crippen molar-refractivity contribution >= 4 is 11.8 Å². The lowest BCUT2D eigenvalue weighted by Gasteiger charge is -2.41. The van der Waals surface area contributed by atoms with Gasteiger partial charge in [-0.3, -0.25) is 9.59 Å². The molecular formula is C33H32N2O4. The van der Waals surface area contributed by atoms with E-state index in [1.165, 1.54) is 5.56 Å². The zero-order valence-electron chi connectivity index (χ0n) is 22.0. The van der Waals surface area contributed by atoms with E-state index >= 15 is 0 Å². The molecule has 0 unspecified atom stereocenters. The molecule has 6 nitrogen and oxygen atoms in total. The van der Waals surface area contributed by atoms with Crippen molar-refractivity contribution in [3.63, 3.8) is 0 Å². The zero-order chi connectivity index (χ0) is 27.0. The van der Waals surface area contributed by atoms with Crippen LogP contribution in [0.15, 0.2) is 109 Å². The van der Waals surface area contributed by atoms with Gasteiger partial charge in [-0.1, -0.05) is 60.7 Å². The molecule has 0 radical (unpaired) electrons. The molecule has 2 amide bonds. The maximum Gasteiger partial charge on any atom is 0.254 e. The topological polar surface area (TPSA) is 59.1 Å². The molecule has 1 heterocycles. The normalized spacial score (nSPS) is 15.2. The van der Waals surface area contributed by atoms with Gasteiger partial charge in [-0.05, 0) is 72.5 Å². The molecule has 0 aliphatic carbocycles. The van der Waals surface area contributed by atoms with Gasteiger partial charge in [0.2, 0.25) is 5.91 Å². The fraction of sp³-hybridized carbons (Fsp3) is 0.212. The minimum atomic E-state index is -0.145. The average Bonchev–Trinajstić information content (AvgIpc) is 2.98. The van der Waals surface area contributed by atoms with Gasteiger partial charge in [-0.15, -0.1) is 0 Å². The largest absolute Gasteiger partial charge is 0.497 e. The molecule has 1 aliphatic heterocycles. The van der Waals surface area contributed by atoms with Crippen molar-refractivity contribution in [2.24, 2.45) is 0 Å². The van der Waals surface area contributed by atoms with Crippen molar-refractivity contribution in [2.45, 2.75) is 25.4 Å². The molecule has 198 valence electrons. The van der Waals surface area contributed by atoms with Crippen LogP contribution in [0.3, 0.4) is 0 Å². The van der Waals surface area contributed by atoms with E-state index in [2.05, 4.69) is 12.1 Å². The summed E-state index contributed by atoms with van der Waals surface area (Å²) in [5.74, 6) is 1.97. The maximum absolute atomic E-state index is 13.5. The highest BCUT2D eigenvalue weighted by molar-refractivity contribution is 5.97. The van der Waals surface area contributed by atoms with Gasteiger partial charge in [0, 0.05) is 18.7 Å². The lowest BCUT2D eigenvalue weighted by atomic mass is 10.00. The summed E-state index contributed by atoms with van der Waals surface area (Å²) >= 11 is 0. The molecule has 0 saturated carbocycles. The first kappa shape index (κ1) is 26.0. The van der Waals surface area contributed by atoms with Gasteiger partial charge in [0.15, 0.2) is 0 Å². The van der Waals surface area contributed by atoms with Crippen molar-refractivity contribution < 1.29 is 19.1 Å². The number of methoxy groups -OCH3 is 1. The van der Waals surface area contributed by atoms with Crippen LogP contribution in [-0.2, 0) is 17.8 Å². The minimum Gasteiger partial charge on any atom is -0.497 e. The SMILES string of the molecule is COc1ccc(C(=O)N2CC(=O)N(Cc3cccc(Oc4ccccc4)c3)[C@@H](CCc3ccccc3)C2)cc1. The fourth-order valence-corrected chi connectivity index (χ4v) is 4.92. The summed E-state index contributed by atoms with van der Waals surface area (Å²) < 4.78 is 11.2. The van der Waals surface area contributed by atoms with Crippen LogP contribution in [0, 0.1) is 0 Å². The van der Waals surface area contributed by atoms with Crippen LogP contribution in [0.4, 0.5) is 0 Å². The highest BCUT2D eigenvalue weighted by atomic mass is 16.5. The van der Waals surface area contributed by atoms with Gasteiger partial charge in [-0.2, -0.15) is 0 Å². The Balaban J connectivity index is 1.34. The first-order valence-electron chi connectivity index (χ1n) is 13.2. The van der Waals surface area contributed by atoms with E-state index in [-0.39, 0.29) is 24.4 Å². The Morgan fingerprint density at radius 3 is 2.18 bits per heavy atom. The molecule has 4 aromatic rings. The molecular weight excluding hydrogens is 488 g/mol. The van der Waals surface area contributed by atoms with Gasteiger partial charge >= 0.3 is 0 Å². The first-order chi connectivity index (χ1) is 19.1. The van der Waals surface area contributed by atoms with Crippen molar-refractivity contribution in [1.29, 1.82) is 0 Å². The fourth-order valence-electron chi connectivity index (χ4n) is 4.92. The predicted molar refractivity (Wildman–Crippen MR) is 151 cm³/mol. The monoisotopic (exact) mass is 520 g/mol. The third-order valence-corrected chi connectivity index (χ3v) is 6.98. The number of rotatable bonds is 9. The van der Waals surface area contributed by atoms with Crippen LogP contribution in [-0.4, -0.2) is 47.9 Å². The van der Waals surface area contributed by atoms with Gasteiger partial charge < -0.3 is 19.3 Å². The standard InChI is InChI=1S/C33H32N2O4/c1-38-29-19-16-27(17-20-29)33(37)34-23-28(18-15-25-9-4-2-5-10-25)35(32(36)24-34)22-26-11-8-14-31(21-26)39-30-12-6-3-7-13-30/h2-14,16-17,19-21,28H,15,18,22-24H2,1H3/t28-/m0/s1. The van der Waals surface area contributed by atoms with Crippen LogP contribution in [0.25, 0.3) is 0 Å². The molecule has 5 rings (SSSR count). The molecule has 4 aromatic carbocycles. The first-order valence-corrected chi connectivity index (χ1v) is 13.2. The summed E-state index contributed by atoms with van der Waals surface area (Å²) in [4.78, 5) is 30.5. The smallest absolute Gasteiger partial charge is 0.254 e. The summed E-state index contributed by atoms with van der Waals surface area (Å²) in [5, 5.41) is 0. The van der Waals surface area contributed by atoms with E-state index in [0.717, 1.165) is 29.9 Å². The van der Waals surface area contributed by atoms with E-state index in [9.17, 15) is 9.59 Å². The number of carbonyl (C=O) groups is 2. The van der Waals surface area contributed by atoms with E-state index < -0.39 is 0 Å². The molecule has 1 aliphatic rings. The van der Waals surface area contributed by atoms with Crippen molar-refractivity contribution in [3.05, 3.63) is 126 Å². The maximum atomic E-state index is 13.5. The van der Waals surface area contributed by atoms with Gasteiger partial charge in [-0.25, -0.2) is 0 Å². The summed E-state index contributed by atoms with van der Waals surface area (Å²) in [7, 11) is 1.59. The Morgan fingerprint density at radius 1 is 0.795 bits per heavy atom. The Labute approximate surface area is 229 Å². The highest BCUT2D eigenvalue weighted by Crippen LogP contribution is 2.25. The van der Waals surface area contributed by atoms with Gasteiger partial charge in [0.05, 0.1) is 13.2 Å². The van der Waals surface area contributed by atoms with Crippen molar-refractivity contribution in [1.82, 2.24) is 9.80 Å². The number of amides is 2. The summed E-state index contributed by atoms with van der Waals surface area (Å²) in [6.07, 6.45) is 1.57. The molecule has 0 N–H and O–H groups in total. The van der Waals surface area contributed by atoms with E-state index in [1.54, 1.807) is 36.3 Å². The molecule has 0 bridgehead atoms. The van der Waals surface area contributed by atoms with Crippen molar-refractivity contribution in [3.8, 4) is 17.2 Å². The number of nitrogens with zero attached hydrogens (tertiary/aromatic N) is 2. The van der Waals surface area contributed by atoms with Crippen LogP contribution < -0.4 is 9.47 Å². The van der Waals surface area contributed by atoms with E-state index in [0.29, 0.717) is 24.4 Å². The quantitative estimate of drug-likeness (QED) is 0.273. The Hall–Kier alpha value is -4.58. The third kappa shape index (κ3) is 6.65. The summed E-state index contributed by atoms with van der Waals surface area (Å²) in [6, 6.07) is 34.6. The number of carbonyl (C=O) groups excluding carboxylic acids is 2. The zero-order valence-corrected chi connectivity index (χ0v) is 22.0. The van der Waals surface area contributed by atoms with Crippen LogP contribution in [0.2, 0.25) is 0 Å². The molecule has 6 heteroatoms. The number of hydrogen-bond acceptors (Lipinski definition) is 4. The predicted octanol–water partition coefficient (Wildman–Crippen LogP) is 5.97. The van der Waals surface area contributed by atoms with Crippen LogP contribution >= 0.6 is 0 Å². The molecule has 1 fully saturated rings. The lowest BCUT2D eigenvalue weighted by Crippen LogP contribution is -2.57. The molecule has 1 saturated heterocycles. The van der Waals surface area contributed by atoms with Gasteiger partial charge in [0.1, 0.15) is 23.8 Å². The molecule has 0 aromatic heterocycles. The summed E-state index contributed by atoms with van der Waals surface area (Å²) in [6.45, 7) is 0.978. The minimum absolute atomic E-state index is 0.0485. The number of ether oxygens (including phenoxy) is 2. The third-order valence-electron chi connectivity index (χ3n) is 6.98. The number of para-hydroxylation sites is 1. The number of aryl methyl sites for hydroxylation is 1. The van der Waals surface area contributed by atoms with Crippen LogP contribution in [0.1, 0.15) is 27.9 Å². The Bertz CT molecular complexity index is 1390. The Kier molecular flexibility index (Phi) is 8.22. The number of piperazine rings is 1. The molecule has 0 spiro atoms.